The van der Waals surface area contributed by atoms with E-state index in [1.165, 1.54) is 4.90 Å². The Bertz CT molecular complexity index is 596. The number of aryl methyl sites for hydroxylation is 1. The van der Waals surface area contributed by atoms with Crippen LogP contribution in [0.2, 0.25) is 0 Å². The lowest BCUT2D eigenvalue weighted by molar-refractivity contribution is -0.127. The van der Waals surface area contributed by atoms with Crippen LogP contribution in [-0.4, -0.2) is 64.8 Å². The van der Waals surface area contributed by atoms with Gasteiger partial charge in [0.05, 0.1) is 6.54 Å². The van der Waals surface area contributed by atoms with Gasteiger partial charge in [0.25, 0.3) is 0 Å². The summed E-state index contributed by atoms with van der Waals surface area (Å²) < 4.78 is 1.91. The Labute approximate surface area is 159 Å². The fraction of sp³-hybridized carbons (Fsp3) is 0.600. The van der Waals surface area contributed by atoms with Crippen molar-refractivity contribution >= 4 is 35.8 Å². The number of hydrogen-bond acceptors (Lipinski definition) is 4. The summed E-state index contributed by atoms with van der Waals surface area (Å²) in [5.41, 5.74) is 1.00. The molecule has 2 N–H and O–H groups in total. The average Bonchev–Trinajstić information content (AvgIpc) is 2.96. The SMILES string of the molecule is C=C(C)CNC(=NCC(=O)N(C)C)NC1CCc2ncnn2C1.I. The molecule has 1 amide bonds. The molecule has 2 rings (SSSR count). The van der Waals surface area contributed by atoms with Gasteiger partial charge in [0, 0.05) is 33.1 Å². The Balaban J connectivity index is 0.00000288. The van der Waals surface area contributed by atoms with Crippen LogP contribution in [0.1, 0.15) is 19.2 Å². The molecule has 2 heterocycles. The molecule has 0 aliphatic carbocycles. The number of guanidine groups is 1. The lowest BCUT2D eigenvalue weighted by Crippen LogP contribution is -2.47. The largest absolute Gasteiger partial charge is 0.353 e. The first-order chi connectivity index (χ1) is 11.0. The molecule has 0 fully saturated rings. The number of carbonyl (C=O) groups is 1. The van der Waals surface area contributed by atoms with Gasteiger partial charge in [0.2, 0.25) is 5.91 Å². The number of halogens is 1. The molecule has 1 aliphatic heterocycles. The van der Waals surface area contributed by atoms with Gasteiger partial charge in [-0.05, 0) is 13.3 Å². The van der Waals surface area contributed by atoms with E-state index in [2.05, 4.69) is 32.3 Å². The maximum Gasteiger partial charge on any atom is 0.243 e. The van der Waals surface area contributed by atoms with E-state index < -0.39 is 0 Å². The molecule has 24 heavy (non-hydrogen) atoms. The summed E-state index contributed by atoms with van der Waals surface area (Å²) in [6.45, 7) is 7.29. The van der Waals surface area contributed by atoms with Crippen LogP contribution < -0.4 is 10.6 Å². The van der Waals surface area contributed by atoms with Crippen molar-refractivity contribution in [2.24, 2.45) is 4.99 Å². The molecule has 1 aliphatic rings. The lowest BCUT2D eigenvalue weighted by Gasteiger charge is -2.25. The van der Waals surface area contributed by atoms with E-state index in [0.29, 0.717) is 12.5 Å². The van der Waals surface area contributed by atoms with Gasteiger partial charge in [-0.15, -0.1) is 24.0 Å². The second kappa shape index (κ2) is 9.60. The van der Waals surface area contributed by atoms with Gasteiger partial charge >= 0.3 is 0 Å². The van der Waals surface area contributed by atoms with Gasteiger partial charge in [-0.25, -0.2) is 14.7 Å². The summed E-state index contributed by atoms with van der Waals surface area (Å²) in [6, 6.07) is 0.204. The van der Waals surface area contributed by atoms with Gasteiger partial charge in [-0.3, -0.25) is 4.79 Å². The smallest absolute Gasteiger partial charge is 0.243 e. The first-order valence-corrected chi connectivity index (χ1v) is 7.71. The van der Waals surface area contributed by atoms with Crippen LogP contribution in [0.4, 0.5) is 0 Å². The Hall–Kier alpha value is -1.65. The van der Waals surface area contributed by atoms with Crippen molar-refractivity contribution < 1.29 is 4.79 Å². The van der Waals surface area contributed by atoms with Crippen LogP contribution in [0.5, 0.6) is 0 Å². The predicted molar refractivity (Wildman–Crippen MR) is 104 cm³/mol. The number of nitrogens with one attached hydrogen (secondary N) is 2. The first kappa shape index (κ1) is 20.4. The molecule has 134 valence electrons. The maximum atomic E-state index is 11.7. The fourth-order valence-corrected chi connectivity index (χ4v) is 2.22. The van der Waals surface area contributed by atoms with Gasteiger partial charge < -0.3 is 15.5 Å². The quantitative estimate of drug-likeness (QED) is 0.296. The molecule has 1 aromatic rings. The second-order valence-electron chi connectivity index (χ2n) is 6.00. The highest BCUT2D eigenvalue weighted by Gasteiger charge is 2.20. The fourth-order valence-electron chi connectivity index (χ4n) is 2.22. The second-order valence-corrected chi connectivity index (χ2v) is 6.00. The van der Waals surface area contributed by atoms with Crippen molar-refractivity contribution in [3.8, 4) is 0 Å². The molecule has 0 saturated carbocycles. The van der Waals surface area contributed by atoms with Crippen molar-refractivity contribution in [1.29, 1.82) is 0 Å². The normalized spacial score (nSPS) is 16.6. The number of aromatic nitrogens is 3. The third kappa shape index (κ3) is 6.10. The third-order valence-electron chi connectivity index (χ3n) is 3.58. The zero-order valence-electron chi connectivity index (χ0n) is 14.4. The maximum absolute atomic E-state index is 11.7. The molecule has 0 aromatic carbocycles. The van der Waals surface area contributed by atoms with E-state index in [1.54, 1.807) is 20.4 Å². The number of likely N-dealkylation sites (N-methyl/N-ethyl adjacent to an activating group) is 1. The van der Waals surface area contributed by atoms with Crippen molar-refractivity contribution in [3.05, 3.63) is 24.3 Å². The van der Waals surface area contributed by atoms with E-state index in [4.69, 9.17) is 0 Å². The van der Waals surface area contributed by atoms with Gasteiger partial charge in [0.1, 0.15) is 18.7 Å². The van der Waals surface area contributed by atoms with E-state index >= 15 is 0 Å². The average molecular weight is 447 g/mol. The highest BCUT2D eigenvalue weighted by molar-refractivity contribution is 14.0. The van der Waals surface area contributed by atoms with Crippen molar-refractivity contribution in [1.82, 2.24) is 30.3 Å². The third-order valence-corrected chi connectivity index (χ3v) is 3.58. The van der Waals surface area contributed by atoms with Crippen LogP contribution in [0.25, 0.3) is 0 Å². The number of nitrogens with zero attached hydrogens (tertiary/aromatic N) is 5. The van der Waals surface area contributed by atoms with Crippen molar-refractivity contribution in [2.45, 2.75) is 32.4 Å². The standard InChI is InChI=1S/C15H25N7O.HI/c1-11(2)7-16-15(17-8-14(23)21(3)4)20-12-5-6-13-18-10-19-22(13)9-12;/h10,12H,1,5-9H2,2-4H3,(H2,16,17,20);1H. The molecule has 8 nitrogen and oxygen atoms in total. The topological polar surface area (TPSA) is 87.4 Å². The Morgan fingerprint density at radius 3 is 2.96 bits per heavy atom. The number of aliphatic imine (C=N–C) groups is 1. The molecular formula is C15H26IN7O. The summed E-state index contributed by atoms with van der Waals surface area (Å²) in [4.78, 5) is 21.9. The number of hydrogen-bond donors (Lipinski definition) is 2. The molecular weight excluding hydrogens is 421 g/mol. The van der Waals surface area contributed by atoms with Gasteiger partial charge in [0.15, 0.2) is 5.96 Å². The Morgan fingerprint density at radius 2 is 2.29 bits per heavy atom. The van der Waals surface area contributed by atoms with Crippen LogP contribution in [0.3, 0.4) is 0 Å². The van der Waals surface area contributed by atoms with Gasteiger partial charge in [-0.1, -0.05) is 12.2 Å². The van der Waals surface area contributed by atoms with E-state index in [1.807, 2.05) is 11.6 Å². The minimum Gasteiger partial charge on any atom is -0.353 e. The first-order valence-electron chi connectivity index (χ1n) is 7.71. The summed E-state index contributed by atoms with van der Waals surface area (Å²) in [7, 11) is 3.44. The minimum absolute atomic E-state index is 0. The molecule has 0 saturated heterocycles. The monoisotopic (exact) mass is 447 g/mol. The molecule has 0 radical (unpaired) electrons. The van der Waals surface area contributed by atoms with Gasteiger partial charge in [-0.2, -0.15) is 5.10 Å². The number of carbonyl (C=O) groups excluding carboxylic acids is 1. The van der Waals surface area contributed by atoms with Crippen LogP contribution in [-0.2, 0) is 17.8 Å². The van der Waals surface area contributed by atoms with Crippen LogP contribution in [0, 0.1) is 0 Å². The molecule has 1 aromatic heterocycles. The number of fused-ring (bicyclic) bond motifs is 1. The highest BCUT2D eigenvalue weighted by Crippen LogP contribution is 2.11. The Morgan fingerprint density at radius 1 is 1.54 bits per heavy atom. The summed E-state index contributed by atoms with van der Waals surface area (Å²) >= 11 is 0. The zero-order valence-corrected chi connectivity index (χ0v) is 16.8. The molecule has 1 unspecified atom stereocenters. The summed E-state index contributed by atoms with van der Waals surface area (Å²) in [6.07, 6.45) is 3.41. The summed E-state index contributed by atoms with van der Waals surface area (Å²) in [5.74, 6) is 1.60. The van der Waals surface area contributed by atoms with Crippen molar-refractivity contribution in [2.75, 3.05) is 27.2 Å². The Kier molecular flexibility index (Phi) is 8.16. The molecule has 1 atom stereocenters. The molecule has 0 bridgehead atoms. The molecule has 9 heteroatoms. The van der Waals surface area contributed by atoms with Crippen LogP contribution >= 0.6 is 24.0 Å². The minimum atomic E-state index is -0.0383. The summed E-state index contributed by atoms with van der Waals surface area (Å²) in [5, 5.41) is 10.8. The van der Waals surface area contributed by atoms with E-state index in [-0.39, 0.29) is 42.5 Å². The van der Waals surface area contributed by atoms with E-state index in [9.17, 15) is 4.79 Å². The lowest BCUT2D eigenvalue weighted by atomic mass is 10.1. The number of rotatable bonds is 5. The molecule has 0 spiro atoms. The van der Waals surface area contributed by atoms with Crippen LogP contribution in [0.15, 0.2) is 23.5 Å². The highest BCUT2D eigenvalue weighted by atomic mass is 127. The predicted octanol–water partition coefficient (Wildman–Crippen LogP) is 0.410. The number of amides is 1. The van der Waals surface area contributed by atoms with Crippen molar-refractivity contribution in [3.63, 3.8) is 0 Å². The zero-order chi connectivity index (χ0) is 16.8. The van der Waals surface area contributed by atoms with E-state index in [0.717, 1.165) is 30.8 Å².